The lowest BCUT2D eigenvalue weighted by molar-refractivity contribution is 0.114. The van der Waals surface area contributed by atoms with Crippen molar-refractivity contribution in [3.05, 3.63) is 24.3 Å². The van der Waals surface area contributed by atoms with Gasteiger partial charge in [0.2, 0.25) is 0 Å². The van der Waals surface area contributed by atoms with E-state index in [1.807, 2.05) is 18.5 Å². The van der Waals surface area contributed by atoms with Crippen LogP contribution in [-0.2, 0) is 6.54 Å². The van der Waals surface area contributed by atoms with Gasteiger partial charge in [0, 0.05) is 45.1 Å². The van der Waals surface area contributed by atoms with Crippen LogP contribution in [0.4, 0.5) is 0 Å². The number of rotatable bonds is 5. The molecule has 18 heavy (non-hydrogen) atoms. The quantitative estimate of drug-likeness (QED) is 0.807. The minimum Gasteiger partial charge on any atom is -0.330 e. The van der Waals surface area contributed by atoms with Gasteiger partial charge in [-0.25, -0.2) is 9.97 Å². The van der Waals surface area contributed by atoms with E-state index >= 15 is 0 Å². The molecule has 1 saturated heterocycles. The molecule has 0 bridgehead atoms. The van der Waals surface area contributed by atoms with Crippen LogP contribution in [0.15, 0.2) is 18.5 Å². The number of hydrogen-bond donors (Lipinski definition) is 1. The predicted molar refractivity (Wildman–Crippen MR) is 72.0 cm³/mol. The summed E-state index contributed by atoms with van der Waals surface area (Å²) >= 11 is 0. The first-order chi connectivity index (χ1) is 8.78. The van der Waals surface area contributed by atoms with Gasteiger partial charge in [0.05, 0.1) is 6.54 Å². The maximum Gasteiger partial charge on any atom is 0.142 e. The van der Waals surface area contributed by atoms with E-state index < -0.39 is 0 Å². The molecule has 2 rings (SSSR count). The summed E-state index contributed by atoms with van der Waals surface area (Å²) in [5.41, 5.74) is 5.67. The number of aromatic nitrogens is 2. The molecule has 0 spiro atoms. The molecule has 5 heteroatoms. The van der Waals surface area contributed by atoms with Crippen LogP contribution in [0, 0.1) is 5.92 Å². The maximum absolute atomic E-state index is 5.67. The summed E-state index contributed by atoms with van der Waals surface area (Å²) in [5, 5.41) is 0. The van der Waals surface area contributed by atoms with Crippen LogP contribution in [0.1, 0.15) is 12.7 Å². The van der Waals surface area contributed by atoms with E-state index in [4.69, 9.17) is 5.73 Å². The van der Waals surface area contributed by atoms with Gasteiger partial charge in [0.25, 0.3) is 0 Å². The fourth-order valence-corrected chi connectivity index (χ4v) is 2.26. The molecule has 0 amide bonds. The van der Waals surface area contributed by atoms with Gasteiger partial charge in [-0.15, -0.1) is 0 Å². The van der Waals surface area contributed by atoms with E-state index in [0.717, 1.165) is 51.6 Å². The van der Waals surface area contributed by atoms with Crippen molar-refractivity contribution in [2.45, 2.75) is 13.5 Å². The Labute approximate surface area is 109 Å². The first-order valence-electron chi connectivity index (χ1n) is 6.68. The lowest BCUT2D eigenvalue weighted by Crippen LogP contribution is -2.47. The molecule has 1 aliphatic rings. The van der Waals surface area contributed by atoms with Crippen LogP contribution in [0.5, 0.6) is 0 Å². The van der Waals surface area contributed by atoms with Crippen molar-refractivity contribution in [3.8, 4) is 0 Å². The normalized spacial score (nSPS) is 19.9. The number of nitrogens with two attached hydrogens (primary N) is 1. The van der Waals surface area contributed by atoms with E-state index in [1.54, 1.807) is 0 Å². The standard InChI is InChI=1S/C13H23N5/c1-12(9-14)10-17-5-7-18(8-6-17)11-13-15-3-2-4-16-13/h2-4,12H,5-11,14H2,1H3. The van der Waals surface area contributed by atoms with Crippen molar-refractivity contribution >= 4 is 0 Å². The van der Waals surface area contributed by atoms with Crippen molar-refractivity contribution in [3.63, 3.8) is 0 Å². The van der Waals surface area contributed by atoms with Crippen LogP contribution in [-0.4, -0.2) is 59.0 Å². The summed E-state index contributed by atoms with van der Waals surface area (Å²) in [6.07, 6.45) is 3.61. The van der Waals surface area contributed by atoms with Gasteiger partial charge in [-0.1, -0.05) is 6.92 Å². The van der Waals surface area contributed by atoms with Crippen molar-refractivity contribution < 1.29 is 0 Å². The second kappa shape index (κ2) is 6.78. The molecule has 100 valence electrons. The highest BCUT2D eigenvalue weighted by Crippen LogP contribution is 2.07. The summed E-state index contributed by atoms with van der Waals surface area (Å²) in [5.74, 6) is 1.51. The van der Waals surface area contributed by atoms with Gasteiger partial charge in [0.15, 0.2) is 0 Å². The average Bonchev–Trinajstić information content (AvgIpc) is 2.42. The highest BCUT2D eigenvalue weighted by atomic mass is 15.3. The zero-order chi connectivity index (χ0) is 12.8. The predicted octanol–water partition coefficient (Wildman–Crippen LogP) is 0.189. The fourth-order valence-electron chi connectivity index (χ4n) is 2.26. The van der Waals surface area contributed by atoms with Crippen LogP contribution >= 0.6 is 0 Å². The summed E-state index contributed by atoms with van der Waals surface area (Å²) < 4.78 is 0. The summed E-state index contributed by atoms with van der Waals surface area (Å²) in [6.45, 7) is 9.40. The zero-order valence-electron chi connectivity index (χ0n) is 11.1. The number of piperazine rings is 1. The molecule has 2 N–H and O–H groups in total. The maximum atomic E-state index is 5.67. The third-order valence-electron chi connectivity index (χ3n) is 3.42. The van der Waals surface area contributed by atoms with Gasteiger partial charge < -0.3 is 10.6 Å². The van der Waals surface area contributed by atoms with Gasteiger partial charge in [-0.3, -0.25) is 4.90 Å². The van der Waals surface area contributed by atoms with E-state index in [9.17, 15) is 0 Å². The highest BCUT2D eigenvalue weighted by molar-refractivity contribution is 4.89. The van der Waals surface area contributed by atoms with E-state index in [2.05, 4.69) is 26.7 Å². The molecule has 1 aliphatic heterocycles. The van der Waals surface area contributed by atoms with Crippen molar-refractivity contribution in [1.82, 2.24) is 19.8 Å². The monoisotopic (exact) mass is 249 g/mol. The Bertz CT molecular complexity index is 334. The van der Waals surface area contributed by atoms with E-state index in [1.165, 1.54) is 0 Å². The SMILES string of the molecule is CC(CN)CN1CCN(Cc2ncccn2)CC1. The largest absolute Gasteiger partial charge is 0.330 e. The molecular formula is C13H23N5. The van der Waals surface area contributed by atoms with Gasteiger partial charge >= 0.3 is 0 Å². The van der Waals surface area contributed by atoms with Crippen molar-refractivity contribution in [1.29, 1.82) is 0 Å². The molecule has 0 radical (unpaired) electrons. The lowest BCUT2D eigenvalue weighted by atomic mass is 10.1. The molecule has 1 aromatic heterocycles. The lowest BCUT2D eigenvalue weighted by Gasteiger charge is -2.35. The minimum atomic E-state index is 0.592. The third kappa shape index (κ3) is 4.01. The molecule has 2 heterocycles. The molecule has 1 atom stereocenters. The Kier molecular flexibility index (Phi) is 5.04. The Morgan fingerprint density at radius 3 is 2.39 bits per heavy atom. The molecular weight excluding hydrogens is 226 g/mol. The molecule has 5 nitrogen and oxygen atoms in total. The second-order valence-corrected chi connectivity index (χ2v) is 5.08. The van der Waals surface area contributed by atoms with Crippen LogP contribution in [0.25, 0.3) is 0 Å². The van der Waals surface area contributed by atoms with Gasteiger partial charge in [0.1, 0.15) is 5.82 Å². The zero-order valence-corrected chi connectivity index (χ0v) is 11.1. The summed E-state index contributed by atoms with van der Waals surface area (Å²) in [7, 11) is 0. The van der Waals surface area contributed by atoms with Gasteiger partial charge in [-0.2, -0.15) is 0 Å². The summed E-state index contributed by atoms with van der Waals surface area (Å²) in [6, 6.07) is 1.86. The van der Waals surface area contributed by atoms with Crippen LogP contribution in [0.2, 0.25) is 0 Å². The minimum absolute atomic E-state index is 0.592. The molecule has 0 aliphatic carbocycles. The molecule has 1 unspecified atom stereocenters. The number of nitrogens with zero attached hydrogens (tertiary/aromatic N) is 4. The third-order valence-corrected chi connectivity index (χ3v) is 3.42. The van der Waals surface area contributed by atoms with Crippen LogP contribution in [0.3, 0.4) is 0 Å². The summed E-state index contributed by atoms with van der Waals surface area (Å²) in [4.78, 5) is 13.5. The molecule has 0 saturated carbocycles. The first kappa shape index (κ1) is 13.4. The molecule has 1 aromatic rings. The Balaban J connectivity index is 1.73. The first-order valence-corrected chi connectivity index (χ1v) is 6.68. The van der Waals surface area contributed by atoms with E-state index in [-0.39, 0.29) is 0 Å². The Hall–Kier alpha value is -1.04. The van der Waals surface area contributed by atoms with Gasteiger partial charge in [-0.05, 0) is 18.5 Å². The van der Waals surface area contributed by atoms with Crippen molar-refractivity contribution in [2.24, 2.45) is 11.7 Å². The average molecular weight is 249 g/mol. The molecule has 1 fully saturated rings. The van der Waals surface area contributed by atoms with E-state index in [0.29, 0.717) is 5.92 Å². The topological polar surface area (TPSA) is 58.3 Å². The Morgan fingerprint density at radius 1 is 1.17 bits per heavy atom. The Morgan fingerprint density at radius 2 is 1.78 bits per heavy atom. The fraction of sp³-hybridized carbons (Fsp3) is 0.692. The smallest absolute Gasteiger partial charge is 0.142 e. The van der Waals surface area contributed by atoms with Crippen LogP contribution < -0.4 is 5.73 Å². The highest BCUT2D eigenvalue weighted by Gasteiger charge is 2.18. The molecule has 0 aromatic carbocycles. The number of hydrogen-bond acceptors (Lipinski definition) is 5. The second-order valence-electron chi connectivity index (χ2n) is 5.08. The van der Waals surface area contributed by atoms with Crippen molar-refractivity contribution in [2.75, 3.05) is 39.3 Å².